The van der Waals surface area contributed by atoms with Crippen LogP contribution in [0.3, 0.4) is 0 Å². The fraction of sp³-hybridized carbons (Fsp3) is 0.379. The van der Waals surface area contributed by atoms with Crippen LogP contribution in [0, 0.1) is 0 Å². The summed E-state index contributed by atoms with van der Waals surface area (Å²) in [4.78, 5) is 73.0. The molecule has 4 heterocycles. The normalized spacial score (nSPS) is 21.5. The second-order valence-electron chi connectivity index (χ2n) is 11.3. The third-order valence-corrected chi connectivity index (χ3v) is 11.5. The largest absolute Gasteiger partial charge is 0.508 e. The first-order valence-corrected chi connectivity index (χ1v) is 17.8. The molecule has 0 bridgehead atoms. The predicted octanol–water partition coefficient (Wildman–Crippen LogP) is 2.06. The number of nitrogens with zero attached hydrogens (tertiary/aromatic N) is 3. The van der Waals surface area contributed by atoms with Crippen molar-refractivity contribution in [2.24, 2.45) is 0 Å². The number of carbonyl (C=O) groups is 4. The first-order chi connectivity index (χ1) is 23.1. The third-order valence-electron chi connectivity index (χ3n) is 8.03. The number of phenolic OH excluding ortho intramolecular Hbond substituents is 1. The lowest BCUT2D eigenvalue weighted by Crippen LogP contribution is -2.71. The fourth-order valence-electron chi connectivity index (χ4n) is 5.67. The number of rotatable bonds is 11. The summed E-state index contributed by atoms with van der Waals surface area (Å²) in [5.41, 5.74) is 3.06. The average molecular weight is 716 g/mol. The van der Waals surface area contributed by atoms with Crippen molar-refractivity contribution in [1.29, 1.82) is 0 Å². The maximum atomic E-state index is 13.6. The summed E-state index contributed by atoms with van der Waals surface area (Å²) in [6.07, 6.45) is 7.17. The molecule has 2 aromatic rings. The lowest BCUT2D eigenvalue weighted by molar-refractivity contribution is -0.150. The number of β-lactam (4-membered cyclic amide) rings is 1. The van der Waals surface area contributed by atoms with Crippen LogP contribution in [0.4, 0.5) is 16.4 Å². The lowest BCUT2D eigenvalue weighted by atomic mass is 10.0. The summed E-state index contributed by atoms with van der Waals surface area (Å²) in [6, 6.07) is 2.47. The minimum atomic E-state index is -1.35. The van der Waals surface area contributed by atoms with Gasteiger partial charge in [0, 0.05) is 30.8 Å². The molecular weight excluding hydrogens is 683 g/mol. The van der Waals surface area contributed by atoms with Gasteiger partial charge in [-0.2, -0.15) is 4.41 Å². The van der Waals surface area contributed by atoms with E-state index in [2.05, 4.69) is 36.7 Å². The highest BCUT2D eigenvalue weighted by Gasteiger charge is 2.54. The quantitative estimate of drug-likeness (QED) is 0.123. The second-order valence-corrected chi connectivity index (χ2v) is 14.9. The molecule has 6 rings (SSSR count). The Hall–Kier alpha value is -4.33. The fourth-order valence-corrected chi connectivity index (χ4v) is 9.04. The number of urea groups is 1. The molecule has 1 saturated carbocycles. The van der Waals surface area contributed by atoms with E-state index in [4.69, 9.17) is 0 Å². The third kappa shape index (κ3) is 7.38. The number of carboxylic acid groups (broad SMARTS) is 1. The van der Waals surface area contributed by atoms with Crippen LogP contribution in [-0.4, -0.2) is 89.3 Å². The number of hydrazine groups is 1. The highest BCUT2D eigenvalue weighted by molar-refractivity contribution is 8.21. The lowest BCUT2D eigenvalue weighted by Gasteiger charge is -2.49. The maximum Gasteiger partial charge on any atom is 0.352 e. The molecule has 48 heavy (non-hydrogen) atoms. The number of aromatic hydroxyl groups is 1. The second kappa shape index (κ2) is 14.4. The van der Waals surface area contributed by atoms with Gasteiger partial charge in [0.15, 0.2) is 0 Å². The van der Waals surface area contributed by atoms with E-state index < -0.39 is 46.8 Å². The molecule has 0 radical (unpaired) electrons. The molecule has 3 atom stereocenters. The SMILES string of the molecule is CN1NC=C(SCC2=C(C(=O)O)N3C(=O)C(NC(=O)[C@H](NC(=O)Nc4cnc(NC5CCCC5)[nH]c4=O)c4ccc(O)cc4)[C@H]3SC2)S1. The van der Waals surface area contributed by atoms with Crippen molar-refractivity contribution in [3.05, 3.63) is 68.1 Å². The highest BCUT2D eigenvalue weighted by Crippen LogP contribution is 2.43. The number of aliphatic carboxylic acids is 1. The number of aromatic nitrogens is 2. The van der Waals surface area contributed by atoms with Crippen LogP contribution in [0.25, 0.3) is 0 Å². The summed E-state index contributed by atoms with van der Waals surface area (Å²) >= 11 is 4.26. The van der Waals surface area contributed by atoms with Gasteiger partial charge in [-0.1, -0.05) is 25.0 Å². The van der Waals surface area contributed by atoms with Gasteiger partial charge in [-0.3, -0.25) is 24.3 Å². The van der Waals surface area contributed by atoms with Gasteiger partial charge in [-0.25, -0.2) is 14.6 Å². The minimum Gasteiger partial charge on any atom is -0.508 e. The van der Waals surface area contributed by atoms with Crippen molar-refractivity contribution in [2.75, 3.05) is 29.2 Å². The molecular formula is C29H33N9O7S3. The van der Waals surface area contributed by atoms with Gasteiger partial charge in [0.2, 0.25) is 11.9 Å². The van der Waals surface area contributed by atoms with Gasteiger partial charge in [0.25, 0.3) is 11.5 Å². The van der Waals surface area contributed by atoms with Crippen LogP contribution in [0.5, 0.6) is 5.75 Å². The molecule has 2 fully saturated rings. The monoisotopic (exact) mass is 715 g/mol. The Morgan fingerprint density at radius 1 is 1.17 bits per heavy atom. The Bertz CT molecular complexity index is 1730. The molecule has 1 unspecified atom stereocenters. The van der Waals surface area contributed by atoms with Crippen molar-refractivity contribution in [3.8, 4) is 5.75 Å². The zero-order valence-corrected chi connectivity index (χ0v) is 28.0. The molecule has 1 saturated heterocycles. The van der Waals surface area contributed by atoms with Gasteiger partial charge in [0.1, 0.15) is 34.6 Å². The van der Waals surface area contributed by atoms with E-state index in [1.54, 1.807) is 4.41 Å². The molecule has 4 amide bonds. The molecule has 16 nitrogen and oxygen atoms in total. The van der Waals surface area contributed by atoms with E-state index in [-0.39, 0.29) is 28.7 Å². The predicted molar refractivity (Wildman–Crippen MR) is 182 cm³/mol. The Balaban J connectivity index is 1.13. The smallest absolute Gasteiger partial charge is 0.352 e. The molecule has 3 aliphatic heterocycles. The molecule has 1 aromatic carbocycles. The summed E-state index contributed by atoms with van der Waals surface area (Å²) in [6.45, 7) is 0. The number of nitrogens with one attached hydrogen (secondary N) is 6. The number of phenols is 1. The Kier molecular flexibility index (Phi) is 10.1. The maximum absolute atomic E-state index is 13.6. The van der Waals surface area contributed by atoms with Crippen molar-refractivity contribution < 1.29 is 29.4 Å². The number of thioether (sulfide) groups is 2. The van der Waals surface area contributed by atoms with Crippen LogP contribution < -0.4 is 32.3 Å². The number of carbonyl (C=O) groups excluding carboxylic acids is 3. The number of aromatic amines is 1. The number of amides is 4. The number of benzene rings is 1. The van der Waals surface area contributed by atoms with Crippen molar-refractivity contribution in [2.45, 2.75) is 49.2 Å². The Labute approximate surface area is 287 Å². The van der Waals surface area contributed by atoms with Gasteiger partial charge in [-0.15, -0.1) is 23.5 Å². The minimum absolute atomic E-state index is 0.0669. The van der Waals surface area contributed by atoms with Crippen LogP contribution >= 0.6 is 35.5 Å². The van der Waals surface area contributed by atoms with E-state index in [1.165, 1.54) is 70.8 Å². The van der Waals surface area contributed by atoms with Crippen LogP contribution in [0.2, 0.25) is 0 Å². The first-order valence-electron chi connectivity index (χ1n) is 15.0. The molecule has 4 aliphatic rings. The summed E-state index contributed by atoms with van der Waals surface area (Å²) < 4.78 is 2.76. The van der Waals surface area contributed by atoms with E-state index >= 15 is 0 Å². The van der Waals surface area contributed by atoms with Crippen LogP contribution in [0.1, 0.15) is 37.3 Å². The van der Waals surface area contributed by atoms with Crippen LogP contribution in [0.15, 0.2) is 57.0 Å². The number of anilines is 2. The van der Waals surface area contributed by atoms with Gasteiger partial charge in [-0.05, 0) is 48.1 Å². The summed E-state index contributed by atoms with van der Waals surface area (Å²) in [5.74, 6) is -1.63. The van der Waals surface area contributed by atoms with E-state index in [9.17, 15) is 34.2 Å². The molecule has 0 spiro atoms. The van der Waals surface area contributed by atoms with Crippen molar-refractivity contribution in [1.82, 2.24) is 35.3 Å². The summed E-state index contributed by atoms with van der Waals surface area (Å²) in [7, 11) is 1.85. The van der Waals surface area contributed by atoms with Gasteiger partial charge < -0.3 is 36.9 Å². The number of H-pyrrole nitrogens is 1. The Morgan fingerprint density at radius 2 is 1.92 bits per heavy atom. The zero-order valence-electron chi connectivity index (χ0n) is 25.5. The first kappa shape index (κ1) is 33.6. The molecule has 254 valence electrons. The summed E-state index contributed by atoms with van der Waals surface area (Å²) in [5, 5.41) is 29.9. The van der Waals surface area contributed by atoms with E-state index in [0.29, 0.717) is 23.0 Å². The number of fused-ring (bicyclic) bond motifs is 1. The van der Waals surface area contributed by atoms with Gasteiger partial charge in [0.05, 0.1) is 10.4 Å². The molecule has 19 heteroatoms. The standard InChI is InChI=1S/C29H33N9O7S3/c1-37-31-11-19(48-37)46-12-15-13-47-26-21(25(42)38(26)22(15)27(43)44)34-24(41)20(14-6-8-17(39)9-7-14)35-29(45)33-18-10-30-28(36-23(18)40)32-16-4-2-3-5-16/h6-11,16,20-21,26,31,39H,2-5,12-13H2,1H3,(H,34,41)(H,43,44)(H2,33,35,45)(H2,30,32,36,40)/t20-,21?,26-/m1/s1. The van der Waals surface area contributed by atoms with E-state index in [0.717, 1.165) is 29.9 Å². The van der Waals surface area contributed by atoms with Crippen molar-refractivity contribution >= 4 is 70.9 Å². The molecule has 1 aliphatic carbocycles. The molecule has 8 N–H and O–H groups in total. The molecule has 1 aromatic heterocycles. The number of hydrogen-bond acceptors (Lipinski definition) is 13. The zero-order chi connectivity index (χ0) is 33.9. The van der Waals surface area contributed by atoms with Crippen LogP contribution in [-0.2, 0) is 14.4 Å². The Morgan fingerprint density at radius 3 is 2.58 bits per heavy atom. The number of hydrogen-bond donors (Lipinski definition) is 8. The average Bonchev–Trinajstić information content (AvgIpc) is 3.74. The van der Waals surface area contributed by atoms with E-state index in [1.807, 2.05) is 13.2 Å². The topological polar surface area (TPSA) is 221 Å². The van der Waals surface area contributed by atoms with Crippen molar-refractivity contribution in [3.63, 3.8) is 0 Å². The highest BCUT2D eigenvalue weighted by atomic mass is 32.2. The number of carboxylic acids is 1. The van der Waals surface area contributed by atoms with Gasteiger partial charge >= 0.3 is 12.0 Å².